The molecule has 7 nitrogen and oxygen atoms in total. The van der Waals surface area contributed by atoms with Crippen LogP contribution in [0.3, 0.4) is 0 Å². The zero-order chi connectivity index (χ0) is 27.8. The van der Waals surface area contributed by atoms with Crippen LogP contribution in [0, 0.1) is 19.8 Å². The third-order valence-corrected chi connectivity index (χ3v) is 8.68. The number of likely N-dealkylation sites (tertiary alicyclic amines) is 1. The van der Waals surface area contributed by atoms with Crippen molar-refractivity contribution in [1.82, 2.24) is 14.5 Å². The Morgan fingerprint density at radius 2 is 1.59 bits per heavy atom. The van der Waals surface area contributed by atoms with Crippen LogP contribution in [0.1, 0.15) is 39.9 Å². The molecule has 1 saturated heterocycles. The van der Waals surface area contributed by atoms with E-state index < -0.39 is 10.0 Å². The van der Waals surface area contributed by atoms with Gasteiger partial charge in [0.25, 0.3) is 5.91 Å². The quantitative estimate of drug-likeness (QED) is 0.412. The van der Waals surface area contributed by atoms with Gasteiger partial charge in [0, 0.05) is 38.3 Å². The number of nitrogens with one attached hydrogen (secondary N) is 1. The zero-order valence-corrected chi connectivity index (χ0v) is 23.5. The third-order valence-electron chi connectivity index (χ3n) is 7.20. The number of aryl methyl sites for hydroxylation is 2. The van der Waals surface area contributed by atoms with Crippen molar-refractivity contribution in [3.8, 4) is 0 Å². The summed E-state index contributed by atoms with van der Waals surface area (Å²) in [4.78, 5) is 30.1. The average molecular weight is 548 g/mol. The second-order valence-corrected chi connectivity index (χ2v) is 12.1. The Kier molecular flexibility index (Phi) is 9.54. The molecular formula is C31H37N3O4S. The van der Waals surface area contributed by atoms with Crippen molar-refractivity contribution in [2.45, 2.75) is 38.0 Å². The maximum Gasteiger partial charge on any atom is 0.253 e. The molecule has 3 aromatic carbocycles. The van der Waals surface area contributed by atoms with E-state index in [0.717, 1.165) is 29.5 Å². The predicted octanol–water partition coefficient (Wildman–Crippen LogP) is 4.21. The molecule has 3 aromatic rings. The molecule has 0 radical (unpaired) electrons. The van der Waals surface area contributed by atoms with Gasteiger partial charge in [0.1, 0.15) is 0 Å². The summed E-state index contributed by atoms with van der Waals surface area (Å²) in [5.41, 5.74) is 3.57. The molecule has 1 heterocycles. The van der Waals surface area contributed by atoms with Crippen LogP contribution in [0.5, 0.6) is 0 Å². The number of piperidine rings is 1. The summed E-state index contributed by atoms with van der Waals surface area (Å²) in [6.07, 6.45) is 1.99. The Balaban J connectivity index is 1.37. The summed E-state index contributed by atoms with van der Waals surface area (Å²) in [7, 11) is -3.68. The second-order valence-electron chi connectivity index (χ2n) is 10.3. The first-order chi connectivity index (χ1) is 18.7. The van der Waals surface area contributed by atoms with Crippen LogP contribution in [-0.4, -0.2) is 62.8 Å². The highest BCUT2D eigenvalue weighted by atomic mass is 32.2. The van der Waals surface area contributed by atoms with Crippen LogP contribution >= 0.6 is 0 Å². The largest absolute Gasteiger partial charge is 0.342 e. The molecule has 1 aliphatic rings. The highest BCUT2D eigenvalue weighted by Gasteiger charge is 2.27. The van der Waals surface area contributed by atoms with Gasteiger partial charge in [-0.15, -0.1) is 0 Å². The van der Waals surface area contributed by atoms with Gasteiger partial charge in [0.15, 0.2) is 0 Å². The van der Waals surface area contributed by atoms with Gasteiger partial charge >= 0.3 is 0 Å². The fourth-order valence-corrected chi connectivity index (χ4v) is 5.93. The molecule has 1 fully saturated rings. The molecule has 0 aliphatic carbocycles. The van der Waals surface area contributed by atoms with Crippen molar-refractivity contribution >= 4 is 21.8 Å². The van der Waals surface area contributed by atoms with Crippen LogP contribution in [0.4, 0.5) is 0 Å². The number of amides is 2. The van der Waals surface area contributed by atoms with Gasteiger partial charge in [-0.25, -0.2) is 13.1 Å². The van der Waals surface area contributed by atoms with Gasteiger partial charge in [0.05, 0.1) is 11.3 Å². The smallest absolute Gasteiger partial charge is 0.253 e. The van der Waals surface area contributed by atoms with E-state index in [-0.39, 0.29) is 35.7 Å². The van der Waals surface area contributed by atoms with Crippen molar-refractivity contribution in [2.75, 3.05) is 32.7 Å². The van der Waals surface area contributed by atoms with Crippen LogP contribution in [0.25, 0.3) is 0 Å². The average Bonchev–Trinajstić information content (AvgIpc) is 2.93. The van der Waals surface area contributed by atoms with Crippen LogP contribution < -0.4 is 4.72 Å². The molecule has 0 bridgehead atoms. The minimum Gasteiger partial charge on any atom is -0.342 e. The summed E-state index contributed by atoms with van der Waals surface area (Å²) < 4.78 is 28.2. The number of sulfonamides is 1. The lowest BCUT2D eigenvalue weighted by molar-refractivity contribution is -0.131. The molecule has 8 heteroatoms. The molecule has 4 rings (SSSR count). The summed E-state index contributed by atoms with van der Waals surface area (Å²) in [6, 6.07) is 23.9. The monoisotopic (exact) mass is 547 g/mol. The minimum atomic E-state index is -3.68. The normalized spacial score (nSPS) is 14.3. The molecule has 0 spiro atoms. The van der Waals surface area contributed by atoms with Crippen LogP contribution in [-0.2, 0) is 21.2 Å². The Bertz CT molecular complexity index is 1370. The van der Waals surface area contributed by atoms with Gasteiger partial charge in [-0.1, -0.05) is 65.7 Å². The Morgan fingerprint density at radius 1 is 0.897 bits per heavy atom. The number of nitrogens with zero attached hydrogens (tertiary/aromatic N) is 2. The van der Waals surface area contributed by atoms with E-state index in [2.05, 4.69) is 4.72 Å². The topological polar surface area (TPSA) is 86.8 Å². The van der Waals surface area contributed by atoms with Crippen molar-refractivity contribution < 1.29 is 18.0 Å². The Hall–Kier alpha value is -3.49. The first kappa shape index (κ1) is 28.5. The number of hydrogen-bond acceptors (Lipinski definition) is 4. The van der Waals surface area contributed by atoms with Gasteiger partial charge < -0.3 is 9.80 Å². The molecule has 206 valence electrons. The SMILES string of the molecule is Cc1ccc(S(=O)(=O)NCCN(CC2CCN(C(=O)Cc3ccccc3)CC2)C(=O)c2cccc(C)c2)cc1. The maximum atomic E-state index is 13.5. The van der Waals surface area contributed by atoms with Crippen molar-refractivity contribution in [3.05, 3.63) is 101 Å². The van der Waals surface area contributed by atoms with E-state index in [4.69, 9.17) is 0 Å². The molecule has 0 saturated carbocycles. The fourth-order valence-electron chi connectivity index (χ4n) is 4.91. The standard InChI is InChI=1S/C31H37N3O4S/c1-24-11-13-29(14-12-24)39(37,38)32-17-20-34(31(36)28-10-6-7-25(2)21-28)23-27-15-18-33(19-16-27)30(35)22-26-8-4-3-5-9-26/h3-14,21,27,32H,15-20,22-23H2,1-2H3. The fraction of sp³-hybridized carbons (Fsp3) is 0.355. The first-order valence-corrected chi connectivity index (χ1v) is 14.9. The highest BCUT2D eigenvalue weighted by molar-refractivity contribution is 7.89. The second kappa shape index (κ2) is 13.0. The van der Waals surface area contributed by atoms with E-state index in [1.807, 2.05) is 67.3 Å². The molecule has 39 heavy (non-hydrogen) atoms. The molecule has 1 N–H and O–H groups in total. The molecule has 2 amide bonds. The van der Waals surface area contributed by atoms with E-state index in [9.17, 15) is 18.0 Å². The lowest BCUT2D eigenvalue weighted by Gasteiger charge is -2.35. The van der Waals surface area contributed by atoms with Gasteiger partial charge in [0.2, 0.25) is 15.9 Å². The highest BCUT2D eigenvalue weighted by Crippen LogP contribution is 2.21. The molecule has 1 aliphatic heterocycles. The minimum absolute atomic E-state index is 0.113. The van der Waals surface area contributed by atoms with Crippen LogP contribution in [0.2, 0.25) is 0 Å². The molecule has 0 aromatic heterocycles. The first-order valence-electron chi connectivity index (χ1n) is 13.5. The van der Waals surface area contributed by atoms with Gasteiger partial charge in [-0.2, -0.15) is 0 Å². The summed E-state index contributed by atoms with van der Waals surface area (Å²) in [5.74, 6) is 0.238. The number of benzene rings is 3. The number of carbonyl (C=O) groups is 2. The third kappa shape index (κ3) is 8.00. The molecule has 0 atom stereocenters. The van der Waals surface area contributed by atoms with Gasteiger partial charge in [-0.05, 0) is 62.4 Å². The lowest BCUT2D eigenvalue weighted by atomic mass is 9.95. The lowest BCUT2D eigenvalue weighted by Crippen LogP contribution is -2.45. The molecular weight excluding hydrogens is 510 g/mol. The molecule has 0 unspecified atom stereocenters. The van der Waals surface area contributed by atoms with Gasteiger partial charge in [-0.3, -0.25) is 9.59 Å². The predicted molar refractivity (Wildman–Crippen MR) is 153 cm³/mol. The summed E-state index contributed by atoms with van der Waals surface area (Å²) in [6.45, 7) is 6.04. The van der Waals surface area contributed by atoms with Crippen molar-refractivity contribution in [2.24, 2.45) is 5.92 Å². The van der Waals surface area contributed by atoms with Crippen molar-refractivity contribution in [3.63, 3.8) is 0 Å². The Morgan fingerprint density at radius 3 is 2.26 bits per heavy atom. The number of carbonyl (C=O) groups excluding carboxylic acids is 2. The summed E-state index contributed by atoms with van der Waals surface area (Å²) >= 11 is 0. The number of hydrogen-bond donors (Lipinski definition) is 1. The number of rotatable bonds is 10. The summed E-state index contributed by atoms with van der Waals surface area (Å²) in [5, 5.41) is 0. The maximum absolute atomic E-state index is 13.5. The Labute approximate surface area is 231 Å². The van der Waals surface area contributed by atoms with E-state index in [1.165, 1.54) is 0 Å². The van der Waals surface area contributed by atoms with E-state index >= 15 is 0 Å². The van der Waals surface area contributed by atoms with E-state index in [1.54, 1.807) is 35.2 Å². The van der Waals surface area contributed by atoms with E-state index in [0.29, 0.717) is 31.6 Å². The van der Waals surface area contributed by atoms with Crippen LogP contribution in [0.15, 0.2) is 83.8 Å². The van der Waals surface area contributed by atoms with Crippen molar-refractivity contribution in [1.29, 1.82) is 0 Å². The zero-order valence-electron chi connectivity index (χ0n) is 22.7.